The molecule has 0 aliphatic heterocycles. The van der Waals surface area contributed by atoms with Crippen molar-refractivity contribution in [1.82, 2.24) is 0 Å². The number of carbonyl (C=O) groups excluding carboxylic acids is 1. The molecule has 0 aromatic heterocycles. The van der Waals surface area contributed by atoms with Gasteiger partial charge in [-0.05, 0) is 92.2 Å². The zero-order chi connectivity index (χ0) is 34.3. The third kappa shape index (κ3) is 11.0. The number of esters is 1. The standard InChI is InChI=1S/C37H66O6Si2/c1-13-24-37(25-19-26-37)33(43-45(11,12)36(6,7)8)22-18-21-30-29(20-16-14-15-17-23-34(39)40)31(41-28(2)38)27-32(30)42-44(9,10)35(3,4)5/h14,16,18,21,30,32-33H,13,15,17,19-20,22-27H2,1-12H3,(H,39,40)/b16-14-,21-18+/t30-,32-,33?/m1/s1. The molecule has 258 valence electrons. The van der Waals surface area contributed by atoms with Crippen LogP contribution < -0.4 is 0 Å². The van der Waals surface area contributed by atoms with Crippen molar-refractivity contribution >= 4 is 28.6 Å². The molecule has 0 spiro atoms. The monoisotopic (exact) mass is 662 g/mol. The van der Waals surface area contributed by atoms with Gasteiger partial charge < -0.3 is 18.7 Å². The largest absolute Gasteiger partial charge is 0.481 e. The maximum absolute atomic E-state index is 12.2. The van der Waals surface area contributed by atoms with Gasteiger partial charge in [0.05, 0.1) is 12.2 Å². The first-order chi connectivity index (χ1) is 20.7. The number of ether oxygens (including phenoxy) is 1. The summed E-state index contributed by atoms with van der Waals surface area (Å²) in [7, 11) is -4.10. The summed E-state index contributed by atoms with van der Waals surface area (Å²) in [6, 6.07) is 0. The van der Waals surface area contributed by atoms with E-state index in [2.05, 4.69) is 99.0 Å². The second-order valence-corrected chi connectivity index (χ2v) is 26.2. The molecule has 6 nitrogen and oxygen atoms in total. The van der Waals surface area contributed by atoms with E-state index < -0.39 is 22.6 Å². The highest BCUT2D eigenvalue weighted by molar-refractivity contribution is 6.74. The zero-order valence-corrected chi connectivity index (χ0v) is 32.8. The molecule has 1 N–H and O–H groups in total. The minimum Gasteiger partial charge on any atom is -0.481 e. The molecule has 2 rings (SSSR count). The molecule has 1 saturated carbocycles. The second kappa shape index (κ2) is 16.1. The normalized spacial score (nSPS) is 21.9. The first-order valence-electron chi connectivity index (χ1n) is 17.5. The number of rotatable bonds is 17. The van der Waals surface area contributed by atoms with Crippen LogP contribution in [0.4, 0.5) is 0 Å². The smallest absolute Gasteiger partial charge is 0.307 e. The van der Waals surface area contributed by atoms with Crippen LogP contribution in [-0.4, -0.2) is 45.9 Å². The molecule has 0 amide bonds. The summed E-state index contributed by atoms with van der Waals surface area (Å²) in [6.07, 6.45) is 18.6. The van der Waals surface area contributed by atoms with E-state index in [1.54, 1.807) is 0 Å². The van der Waals surface area contributed by atoms with Crippen molar-refractivity contribution in [2.75, 3.05) is 0 Å². The minimum absolute atomic E-state index is 0.00539. The molecule has 0 saturated heterocycles. The predicted molar refractivity (Wildman–Crippen MR) is 191 cm³/mol. The van der Waals surface area contributed by atoms with Crippen LogP contribution in [-0.2, 0) is 23.2 Å². The Labute approximate surface area is 277 Å². The fourth-order valence-corrected chi connectivity index (χ4v) is 8.91. The van der Waals surface area contributed by atoms with Crippen molar-refractivity contribution in [3.05, 3.63) is 35.6 Å². The van der Waals surface area contributed by atoms with Crippen LogP contribution in [0, 0.1) is 11.3 Å². The summed E-state index contributed by atoms with van der Waals surface area (Å²) in [5.74, 6) is -0.355. The molecule has 0 aromatic rings. The highest BCUT2D eigenvalue weighted by Crippen LogP contribution is 2.52. The first-order valence-corrected chi connectivity index (χ1v) is 23.3. The van der Waals surface area contributed by atoms with Crippen LogP contribution >= 0.6 is 0 Å². The van der Waals surface area contributed by atoms with Crippen LogP contribution in [0.25, 0.3) is 0 Å². The van der Waals surface area contributed by atoms with E-state index in [0.29, 0.717) is 25.7 Å². The third-order valence-electron chi connectivity index (χ3n) is 11.0. The van der Waals surface area contributed by atoms with Crippen LogP contribution in [0.15, 0.2) is 35.6 Å². The number of hydrogen-bond donors (Lipinski definition) is 1. The van der Waals surface area contributed by atoms with Gasteiger partial charge in [-0.15, -0.1) is 0 Å². The van der Waals surface area contributed by atoms with Crippen LogP contribution in [0.5, 0.6) is 0 Å². The molecule has 8 heteroatoms. The van der Waals surface area contributed by atoms with Crippen molar-refractivity contribution in [2.24, 2.45) is 11.3 Å². The van der Waals surface area contributed by atoms with Gasteiger partial charge in [0.25, 0.3) is 0 Å². The Hall–Kier alpha value is -1.49. The fourth-order valence-electron chi connectivity index (χ4n) is 6.16. The molecule has 1 fully saturated rings. The van der Waals surface area contributed by atoms with Gasteiger partial charge in [-0.1, -0.05) is 85.6 Å². The molecule has 0 bridgehead atoms. The molecular formula is C37H66O6Si2. The van der Waals surface area contributed by atoms with Gasteiger partial charge in [-0.25, -0.2) is 0 Å². The summed E-state index contributed by atoms with van der Waals surface area (Å²) < 4.78 is 20.1. The first kappa shape index (κ1) is 39.7. The van der Waals surface area contributed by atoms with E-state index in [-0.39, 0.29) is 46.0 Å². The van der Waals surface area contributed by atoms with Crippen LogP contribution in [0.2, 0.25) is 36.3 Å². The summed E-state index contributed by atoms with van der Waals surface area (Å²) in [4.78, 5) is 23.2. The topological polar surface area (TPSA) is 82.1 Å². The van der Waals surface area contributed by atoms with Crippen molar-refractivity contribution in [3.63, 3.8) is 0 Å². The van der Waals surface area contributed by atoms with Crippen molar-refractivity contribution in [1.29, 1.82) is 0 Å². The highest BCUT2D eigenvalue weighted by Gasteiger charge is 2.48. The molecule has 0 aromatic carbocycles. The Morgan fingerprint density at radius 1 is 1.00 bits per heavy atom. The molecule has 45 heavy (non-hydrogen) atoms. The summed E-state index contributed by atoms with van der Waals surface area (Å²) in [5.41, 5.74) is 1.34. The van der Waals surface area contributed by atoms with E-state index in [9.17, 15) is 9.59 Å². The molecule has 3 atom stereocenters. The summed E-state index contributed by atoms with van der Waals surface area (Å²) in [6.45, 7) is 26.8. The average Bonchev–Trinajstić information content (AvgIpc) is 3.15. The van der Waals surface area contributed by atoms with E-state index in [1.165, 1.54) is 39.0 Å². The van der Waals surface area contributed by atoms with Crippen LogP contribution in [0.1, 0.15) is 126 Å². The van der Waals surface area contributed by atoms with E-state index in [1.807, 2.05) is 0 Å². The quantitative estimate of drug-likeness (QED) is 0.0722. The second-order valence-electron chi connectivity index (χ2n) is 16.6. The Bertz CT molecular complexity index is 1090. The molecule has 2 aliphatic carbocycles. The lowest BCUT2D eigenvalue weighted by molar-refractivity contribution is -0.138. The van der Waals surface area contributed by atoms with Gasteiger partial charge in [0.15, 0.2) is 16.6 Å². The number of carboxylic acid groups (broad SMARTS) is 1. The van der Waals surface area contributed by atoms with Gasteiger partial charge in [-0.2, -0.15) is 0 Å². The van der Waals surface area contributed by atoms with Gasteiger partial charge >= 0.3 is 11.9 Å². The SMILES string of the molecule is CCCC1(C(C/C=C/[C@@H]2C(C/C=C\CCCC(=O)O)=C(OC(C)=O)C[C@H]2O[Si](C)(C)C(C)(C)C)O[Si](C)(C)C(C)(C)C)CCC1. The maximum Gasteiger partial charge on any atom is 0.307 e. The van der Waals surface area contributed by atoms with Crippen molar-refractivity contribution in [3.8, 4) is 0 Å². The van der Waals surface area contributed by atoms with Gasteiger partial charge in [0, 0.05) is 25.7 Å². The number of carboxylic acids is 1. The average molecular weight is 663 g/mol. The fraction of sp³-hybridized carbons (Fsp3) is 0.784. The summed E-state index contributed by atoms with van der Waals surface area (Å²) in [5, 5.41) is 9.19. The number of allylic oxidation sites excluding steroid dienone is 2. The number of carbonyl (C=O) groups is 2. The zero-order valence-electron chi connectivity index (χ0n) is 30.8. The van der Waals surface area contributed by atoms with E-state index >= 15 is 0 Å². The van der Waals surface area contributed by atoms with E-state index in [0.717, 1.165) is 17.8 Å². The lowest BCUT2D eigenvalue weighted by atomic mass is 9.62. The molecule has 2 aliphatic rings. The Morgan fingerprint density at radius 2 is 1.62 bits per heavy atom. The van der Waals surface area contributed by atoms with Gasteiger partial charge in [0.2, 0.25) is 0 Å². The number of unbranched alkanes of at least 4 members (excludes halogenated alkanes) is 1. The third-order valence-corrected chi connectivity index (χ3v) is 20.0. The molecule has 1 unspecified atom stereocenters. The van der Waals surface area contributed by atoms with Gasteiger partial charge in [0.1, 0.15) is 5.76 Å². The highest BCUT2D eigenvalue weighted by atomic mass is 28.4. The summed E-state index contributed by atoms with van der Waals surface area (Å²) >= 11 is 0. The Balaban J connectivity index is 2.46. The lowest BCUT2D eigenvalue weighted by Gasteiger charge is -2.51. The van der Waals surface area contributed by atoms with Crippen molar-refractivity contribution < 1.29 is 28.3 Å². The predicted octanol–water partition coefficient (Wildman–Crippen LogP) is 10.7. The Kier molecular flexibility index (Phi) is 14.2. The van der Waals surface area contributed by atoms with Crippen LogP contribution in [0.3, 0.4) is 0 Å². The molecule has 0 radical (unpaired) electrons. The lowest BCUT2D eigenvalue weighted by Crippen LogP contribution is -2.51. The molecular weight excluding hydrogens is 597 g/mol. The number of hydrogen-bond acceptors (Lipinski definition) is 5. The molecule has 0 heterocycles. The van der Waals surface area contributed by atoms with Crippen molar-refractivity contribution in [2.45, 2.75) is 174 Å². The maximum atomic E-state index is 12.2. The van der Waals surface area contributed by atoms with E-state index in [4.69, 9.17) is 18.7 Å². The number of aliphatic carboxylic acids is 1. The minimum atomic E-state index is -2.12. The van der Waals surface area contributed by atoms with Gasteiger partial charge in [-0.3, -0.25) is 9.59 Å². The Morgan fingerprint density at radius 3 is 2.11 bits per heavy atom.